The van der Waals surface area contributed by atoms with Gasteiger partial charge in [0.15, 0.2) is 0 Å². The number of nitrogens with one attached hydrogen (secondary N) is 2. The second-order valence-corrected chi connectivity index (χ2v) is 5.59. The van der Waals surface area contributed by atoms with Gasteiger partial charge in [-0.2, -0.15) is 0 Å². The summed E-state index contributed by atoms with van der Waals surface area (Å²) >= 11 is 1.66. The van der Waals surface area contributed by atoms with Crippen molar-refractivity contribution in [3.05, 3.63) is 16.3 Å². The molecule has 2 N–H and O–H groups in total. The van der Waals surface area contributed by atoms with Crippen LogP contribution in [0.5, 0.6) is 0 Å². The minimum absolute atomic E-state index is 0.0310. The second kappa shape index (κ2) is 5.52. The molecule has 0 fully saturated rings. The largest absolute Gasteiger partial charge is 0.360 e. The van der Waals surface area contributed by atoms with Gasteiger partial charge in [0.05, 0.1) is 11.9 Å². The summed E-state index contributed by atoms with van der Waals surface area (Å²) in [7, 11) is 0. The molecule has 2 heterocycles. The Morgan fingerprint density at radius 3 is 2.68 bits per heavy atom. The van der Waals surface area contributed by atoms with Crippen LogP contribution < -0.4 is 10.6 Å². The monoisotopic (exact) mass is 278 g/mol. The zero-order valence-electron chi connectivity index (χ0n) is 11.6. The van der Waals surface area contributed by atoms with Crippen LogP contribution in [-0.4, -0.2) is 29.0 Å². The molecule has 102 valence electrons. The fraction of sp³-hybridized carbons (Fsp3) is 0.462. The van der Waals surface area contributed by atoms with E-state index in [0.29, 0.717) is 12.4 Å². The number of aryl methyl sites for hydroxylation is 3. The van der Waals surface area contributed by atoms with Crippen LogP contribution in [0.25, 0.3) is 10.2 Å². The average molecular weight is 278 g/mol. The molecule has 0 saturated heterocycles. The quantitative estimate of drug-likeness (QED) is 0.899. The lowest BCUT2D eigenvalue weighted by Crippen LogP contribution is -2.29. The summed E-state index contributed by atoms with van der Waals surface area (Å²) in [5, 5.41) is 6.89. The Morgan fingerprint density at radius 2 is 2.00 bits per heavy atom. The number of thiophene rings is 1. The van der Waals surface area contributed by atoms with Crippen molar-refractivity contribution in [1.82, 2.24) is 15.3 Å². The van der Waals surface area contributed by atoms with Gasteiger partial charge in [-0.15, -0.1) is 11.3 Å². The SMILES string of the molecule is CCNC(=O)CNc1nc(C)nc2sc(C)c(C)c12. The summed E-state index contributed by atoms with van der Waals surface area (Å²) in [4.78, 5) is 22.6. The van der Waals surface area contributed by atoms with Gasteiger partial charge in [-0.05, 0) is 33.3 Å². The molecule has 0 saturated carbocycles. The van der Waals surface area contributed by atoms with E-state index in [1.165, 1.54) is 10.4 Å². The van der Waals surface area contributed by atoms with Crippen molar-refractivity contribution in [2.45, 2.75) is 27.7 Å². The third-order valence-corrected chi connectivity index (χ3v) is 4.03. The van der Waals surface area contributed by atoms with E-state index in [0.717, 1.165) is 16.0 Å². The molecule has 0 aliphatic heterocycles. The fourth-order valence-corrected chi connectivity index (χ4v) is 2.98. The van der Waals surface area contributed by atoms with E-state index in [9.17, 15) is 4.79 Å². The van der Waals surface area contributed by atoms with E-state index in [1.807, 2.05) is 13.8 Å². The highest BCUT2D eigenvalue weighted by Crippen LogP contribution is 2.32. The van der Waals surface area contributed by atoms with Gasteiger partial charge in [0, 0.05) is 11.4 Å². The van der Waals surface area contributed by atoms with E-state index in [-0.39, 0.29) is 12.5 Å². The number of likely N-dealkylation sites (N-methyl/N-ethyl adjacent to an activating group) is 1. The number of amides is 1. The molecular formula is C13H18N4OS. The Hall–Kier alpha value is -1.69. The Bertz CT molecular complexity index is 621. The molecule has 2 rings (SSSR count). The molecule has 0 atom stereocenters. The van der Waals surface area contributed by atoms with Crippen molar-refractivity contribution < 1.29 is 4.79 Å². The van der Waals surface area contributed by atoms with E-state index in [4.69, 9.17) is 0 Å². The minimum Gasteiger partial charge on any atom is -0.360 e. The van der Waals surface area contributed by atoms with Crippen molar-refractivity contribution in [3.8, 4) is 0 Å². The zero-order valence-corrected chi connectivity index (χ0v) is 12.4. The van der Waals surface area contributed by atoms with Crippen LogP contribution in [-0.2, 0) is 4.79 Å². The van der Waals surface area contributed by atoms with Gasteiger partial charge in [0.2, 0.25) is 5.91 Å². The minimum atomic E-state index is -0.0310. The lowest BCUT2D eigenvalue weighted by molar-refractivity contribution is -0.119. The van der Waals surface area contributed by atoms with Crippen LogP contribution in [0.4, 0.5) is 5.82 Å². The number of rotatable bonds is 4. The van der Waals surface area contributed by atoms with Crippen molar-refractivity contribution in [1.29, 1.82) is 0 Å². The predicted octanol–water partition coefficient (Wildman–Crippen LogP) is 2.16. The zero-order chi connectivity index (χ0) is 14.0. The van der Waals surface area contributed by atoms with Gasteiger partial charge in [-0.3, -0.25) is 4.79 Å². The van der Waals surface area contributed by atoms with Gasteiger partial charge < -0.3 is 10.6 Å². The summed E-state index contributed by atoms with van der Waals surface area (Å²) < 4.78 is 0. The first-order valence-corrected chi connectivity index (χ1v) is 7.09. The predicted molar refractivity (Wildman–Crippen MR) is 78.8 cm³/mol. The fourth-order valence-electron chi connectivity index (χ4n) is 1.91. The van der Waals surface area contributed by atoms with E-state index in [1.54, 1.807) is 11.3 Å². The number of aromatic nitrogens is 2. The Kier molecular flexibility index (Phi) is 3.99. The Balaban J connectivity index is 2.33. The highest BCUT2D eigenvalue weighted by atomic mass is 32.1. The number of hydrogen-bond donors (Lipinski definition) is 2. The maximum absolute atomic E-state index is 11.5. The van der Waals surface area contributed by atoms with Gasteiger partial charge in [0.1, 0.15) is 16.5 Å². The molecule has 5 nitrogen and oxygen atoms in total. The number of carbonyl (C=O) groups excluding carboxylic acids is 1. The molecule has 0 unspecified atom stereocenters. The molecule has 0 bridgehead atoms. The molecule has 0 aliphatic carbocycles. The Labute approximate surface area is 116 Å². The van der Waals surface area contributed by atoms with Crippen LogP contribution in [0.1, 0.15) is 23.2 Å². The normalized spacial score (nSPS) is 10.7. The highest BCUT2D eigenvalue weighted by Gasteiger charge is 2.13. The third-order valence-electron chi connectivity index (χ3n) is 2.93. The molecule has 0 aliphatic rings. The molecule has 0 radical (unpaired) electrons. The lowest BCUT2D eigenvalue weighted by Gasteiger charge is -2.08. The topological polar surface area (TPSA) is 66.9 Å². The van der Waals surface area contributed by atoms with Crippen molar-refractivity contribution in [3.63, 3.8) is 0 Å². The number of fused-ring (bicyclic) bond motifs is 1. The van der Waals surface area contributed by atoms with E-state index < -0.39 is 0 Å². The van der Waals surface area contributed by atoms with Crippen molar-refractivity contribution in [2.75, 3.05) is 18.4 Å². The summed E-state index contributed by atoms with van der Waals surface area (Å²) in [6.45, 7) is 8.76. The van der Waals surface area contributed by atoms with Crippen LogP contribution in [0.2, 0.25) is 0 Å². The number of carbonyl (C=O) groups is 1. The molecular weight excluding hydrogens is 260 g/mol. The molecule has 2 aromatic heterocycles. The average Bonchev–Trinajstić information content (AvgIpc) is 2.62. The summed E-state index contributed by atoms with van der Waals surface area (Å²) in [6.07, 6.45) is 0. The molecule has 6 heteroatoms. The molecule has 2 aromatic rings. The van der Waals surface area contributed by atoms with Gasteiger partial charge in [-0.1, -0.05) is 0 Å². The second-order valence-electron chi connectivity index (χ2n) is 4.39. The van der Waals surface area contributed by atoms with Crippen molar-refractivity contribution in [2.24, 2.45) is 0 Å². The number of hydrogen-bond acceptors (Lipinski definition) is 5. The first kappa shape index (κ1) is 13.7. The highest BCUT2D eigenvalue weighted by molar-refractivity contribution is 7.18. The first-order valence-electron chi connectivity index (χ1n) is 6.27. The summed E-state index contributed by atoms with van der Waals surface area (Å²) in [5.74, 6) is 1.43. The number of nitrogens with zero attached hydrogens (tertiary/aromatic N) is 2. The molecule has 19 heavy (non-hydrogen) atoms. The standard InChI is InChI=1S/C13H18N4OS/c1-5-14-10(18)6-15-12-11-7(2)8(3)19-13(11)17-9(4)16-12/h5-6H2,1-4H3,(H,14,18)(H,15,16,17). The maximum Gasteiger partial charge on any atom is 0.239 e. The first-order chi connectivity index (χ1) is 9.02. The van der Waals surface area contributed by atoms with Gasteiger partial charge in [0.25, 0.3) is 0 Å². The molecule has 0 aromatic carbocycles. The van der Waals surface area contributed by atoms with E-state index in [2.05, 4.69) is 34.4 Å². The van der Waals surface area contributed by atoms with Gasteiger partial charge >= 0.3 is 0 Å². The smallest absolute Gasteiger partial charge is 0.239 e. The maximum atomic E-state index is 11.5. The van der Waals surface area contributed by atoms with Crippen LogP contribution in [0.3, 0.4) is 0 Å². The van der Waals surface area contributed by atoms with Crippen LogP contribution in [0.15, 0.2) is 0 Å². The summed E-state index contributed by atoms with van der Waals surface area (Å²) in [5.41, 5.74) is 1.18. The van der Waals surface area contributed by atoms with Crippen molar-refractivity contribution >= 4 is 33.3 Å². The third kappa shape index (κ3) is 2.84. The van der Waals surface area contributed by atoms with Crippen LogP contribution in [0, 0.1) is 20.8 Å². The molecule has 1 amide bonds. The van der Waals surface area contributed by atoms with E-state index >= 15 is 0 Å². The number of anilines is 1. The summed E-state index contributed by atoms with van der Waals surface area (Å²) in [6, 6.07) is 0. The Morgan fingerprint density at radius 1 is 1.26 bits per heavy atom. The van der Waals surface area contributed by atoms with Gasteiger partial charge in [-0.25, -0.2) is 9.97 Å². The lowest BCUT2D eigenvalue weighted by atomic mass is 10.2. The molecule has 0 spiro atoms. The van der Waals surface area contributed by atoms with Crippen LogP contribution >= 0.6 is 11.3 Å².